The Kier molecular flexibility index (Phi) is 6.99. The van der Waals surface area contributed by atoms with Crippen molar-refractivity contribution in [1.29, 1.82) is 0 Å². The van der Waals surface area contributed by atoms with E-state index in [-0.39, 0.29) is 0 Å². The number of nitrogens with zero attached hydrogens (tertiary/aromatic N) is 5. The van der Waals surface area contributed by atoms with Crippen LogP contribution in [0.1, 0.15) is 0 Å². The lowest BCUT2D eigenvalue weighted by atomic mass is 10.0. The Bertz CT molecular complexity index is 2350. The maximum Gasteiger partial charge on any atom is 0.168 e. The fourth-order valence-electron chi connectivity index (χ4n) is 6.98. The van der Waals surface area contributed by atoms with Gasteiger partial charge in [0, 0.05) is 11.1 Å². The molecule has 0 fully saturated rings. The van der Waals surface area contributed by atoms with Gasteiger partial charge in [0.1, 0.15) is 0 Å². The van der Waals surface area contributed by atoms with Crippen LogP contribution in [0, 0.1) is 0 Å². The topological polar surface area (TPSA) is 63.6 Å². The van der Waals surface area contributed by atoms with Crippen LogP contribution in [0.3, 0.4) is 0 Å². The summed E-state index contributed by atoms with van der Waals surface area (Å²) in [5, 5.41) is 0. The van der Waals surface area contributed by atoms with Gasteiger partial charge in [-0.2, -0.15) is 0 Å². The Morgan fingerprint density at radius 1 is 0.288 bits per heavy atom. The van der Waals surface area contributed by atoms with Crippen molar-refractivity contribution in [3.63, 3.8) is 0 Å². The average molecular weight is 672 g/mol. The van der Waals surface area contributed by atoms with E-state index >= 15 is 0 Å². The van der Waals surface area contributed by atoms with Crippen LogP contribution >= 0.6 is 0 Å². The van der Waals surface area contributed by atoms with Crippen molar-refractivity contribution >= 4 is 34.1 Å². The van der Waals surface area contributed by atoms with E-state index in [4.69, 9.17) is 24.4 Å². The van der Waals surface area contributed by atoms with Gasteiger partial charge >= 0.3 is 0 Å². The van der Waals surface area contributed by atoms with Gasteiger partial charge in [-0.3, -0.25) is 0 Å². The molecule has 0 radical (unpaired) electrons. The molecule has 1 aromatic heterocycles. The molecule has 0 saturated heterocycles. The summed E-state index contributed by atoms with van der Waals surface area (Å²) in [7, 11) is 0. The van der Waals surface area contributed by atoms with Crippen molar-refractivity contribution in [3.8, 4) is 57.2 Å². The summed E-state index contributed by atoms with van der Waals surface area (Å²) < 4.78 is 12.9. The predicted molar refractivity (Wildman–Crippen MR) is 206 cm³/mol. The number of fused-ring (bicyclic) bond motifs is 4. The quantitative estimate of drug-likeness (QED) is 0.180. The van der Waals surface area contributed by atoms with Crippen LogP contribution in [-0.4, -0.2) is 15.0 Å². The third-order valence-corrected chi connectivity index (χ3v) is 9.29. The Balaban J connectivity index is 1.32. The summed E-state index contributed by atoms with van der Waals surface area (Å²) in [5.41, 5.74) is 7.99. The normalized spacial score (nSPS) is 12.5. The molecular weight excluding hydrogens is 643 g/mol. The Hall–Kier alpha value is -7.25. The van der Waals surface area contributed by atoms with E-state index < -0.39 is 0 Å². The molecule has 2 aliphatic rings. The van der Waals surface area contributed by atoms with Crippen LogP contribution in [0.25, 0.3) is 34.2 Å². The molecule has 0 unspecified atom stereocenters. The van der Waals surface area contributed by atoms with Crippen molar-refractivity contribution < 1.29 is 9.47 Å². The van der Waals surface area contributed by atoms with Gasteiger partial charge in [-0.15, -0.1) is 0 Å². The van der Waals surface area contributed by atoms with Gasteiger partial charge in [-0.1, -0.05) is 115 Å². The van der Waals surface area contributed by atoms with Crippen LogP contribution in [0.5, 0.6) is 23.0 Å². The Morgan fingerprint density at radius 2 is 0.596 bits per heavy atom. The van der Waals surface area contributed by atoms with E-state index in [0.29, 0.717) is 17.5 Å². The zero-order valence-corrected chi connectivity index (χ0v) is 27.8. The maximum atomic E-state index is 6.46. The third kappa shape index (κ3) is 4.95. The van der Waals surface area contributed by atoms with Crippen LogP contribution in [0.4, 0.5) is 34.1 Å². The molecule has 0 spiro atoms. The monoisotopic (exact) mass is 671 g/mol. The van der Waals surface area contributed by atoms with Crippen molar-refractivity contribution in [2.24, 2.45) is 0 Å². The number of anilines is 6. The number of rotatable bonds is 5. The minimum Gasteiger partial charge on any atom is -0.453 e. The van der Waals surface area contributed by atoms with Gasteiger partial charge in [0.25, 0.3) is 0 Å². The van der Waals surface area contributed by atoms with Crippen LogP contribution in [-0.2, 0) is 0 Å². The highest BCUT2D eigenvalue weighted by atomic mass is 16.5. The highest BCUT2D eigenvalue weighted by Gasteiger charge is 2.33. The number of aromatic nitrogens is 3. The molecule has 2 aliphatic heterocycles. The van der Waals surface area contributed by atoms with E-state index in [1.54, 1.807) is 0 Å². The maximum absolute atomic E-state index is 6.46. The molecule has 8 aromatic rings. The Morgan fingerprint density at radius 3 is 0.981 bits per heavy atom. The molecule has 246 valence electrons. The second-order valence-electron chi connectivity index (χ2n) is 12.5. The lowest BCUT2D eigenvalue weighted by Crippen LogP contribution is -2.20. The van der Waals surface area contributed by atoms with Gasteiger partial charge in [0.05, 0.1) is 39.7 Å². The molecule has 7 aromatic carbocycles. The van der Waals surface area contributed by atoms with Crippen molar-refractivity contribution in [1.82, 2.24) is 15.0 Å². The fourth-order valence-corrected chi connectivity index (χ4v) is 6.98. The molecule has 0 bridgehead atoms. The molecular formula is C45H29N5O2. The summed E-state index contributed by atoms with van der Waals surface area (Å²) in [6.07, 6.45) is 0. The van der Waals surface area contributed by atoms with Gasteiger partial charge in [0.2, 0.25) is 0 Å². The molecule has 10 rings (SSSR count). The van der Waals surface area contributed by atoms with E-state index in [2.05, 4.69) is 52.3 Å². The highest BCUT2D eigenvalue weighted by Crippen LogP contribution is 2.57. The highest BCUT2D eigenvalue weighted by molar-refractivity contribution is 6.00. The summed E-state index contributed by atoms with van der Waals surface area (Å²) in [6, 6.07) is 58.9. The molecule has 52 heavy (non-hydrogen) atoms. The molecule has 7 nitrogen and oxygen atoms in total. The standard InChI is InChI=1S/C45H29N5O2/c1-3-16-30(17-4-1)43-46-44(31-18-5-2-6-19-31)48-45(47-43)42-36(49-32-20-7-11-26-38(32)51-39-27-12-8-21-33(39)49)24-15-25-37(42)50-34-22-9-13-28-40(34)52-41-29-14-10-23-35(41)50/h1-29H. The SMILES string of the molecule is c1ccc(-c2nc(-c3ccccc3)nc(-c3c(N4c5ccccc5Oc5ccccc54)cccc3N3c4ccccc4Oc4ccccc43)n2)cc1. The molecule has 0 aliphatic carbocycles. The number of ether oxygens (including phenoxy) is 2. The summed E-state index contributed by atoms with van der Waals surface area (Å²) in [5.74, 6) is 4.71. The first-order valence-corrected chi connectivity index (χ1v) is 17.1. The third-order valence-electron chi connectivity index (χ3n) is 9.29. The van der Waals surface area contributed by atoms with Crippen LogP contribution < -0.4 is 19.3 Å². The van der Waals surface area contributed by atoms with Gasteiger partial charge in [0.15, 0.2) is 40.5 Å². The van der Waals surface area contributed by atoms with Gasteiger partial charge in [-0.25, -0.2) is 15.0 Å². The largest absolute Gasteiger partial charge is 0.453 e. The zero-order chi connectivity index (χ0) is 34.4. The molecule has 0 atom stereocenters. The summed E-state index contributed by atoms with van der Waals surface area (Å²) >= 11 is 0. The first kappa shape index (κ1) is 29.6. The molecule has 3 heterocycles. The van der Waals surface area contributed by atoms with E-state index in [1.165, 1.54) is 0 Å². The second kappa shape index (κ2) is 12.3. The first-order chi connectivity index (χ1) is 25.8. The van der Waals surface area contributed by atoms with Gasteiger partial charge in [-0.05, 0) is 60.7 Å². The van der Waals surface area contributed by atoms with E-state index in [9.17, 15) is 0 Å². The molecule has 0 N–H and O–H groups in total. The minimum absolute atomic E-state index is 0.529. The van der Waals surface area contributed by atoms with Crippen LogP contribution in [0.15, 0.2) is 176 Å². The molecule has 7 heteroatoms. The summed E-state index contributed by atoms with van der Waals surface area (Å²) in [4.78, 5) is 20.1. The molecule has 0 amide bonds. The predicted octanol–water partition coefficient (Wildman–Crippen LogP) is 12.0. The smallest absolute Gasteiger partial charge is 0.168 e. The lowest BCUT2D eigenvalue weighted by molar-refractivity contribution is 0.477. The molecule has 0 saturated carbocycles. The number of hydrogen-bond donors (Lipinski definition) is 0. The zero-order valence-electron chi connectivity index (χ0n) is 27.8. The fraction of sp³-hybridized carbons (Fsp3) is 0. The second-order valence-corrected chi connectivity index (χ2v) is 12.5. The number of hydrogen-bond acceptors (Lipinski definition) is 7. The summed E-state index contributed by atoms with van der Waals surface area (Å²) in [6.45, 7) is 0. The van der Waals surface area contributed by atoms with E-state index in [1.807, 2.05) is 133 Å². The van der Waals surface area contributed by atoms with Crippen molar-refractivity contribution in [2.45, 2.75) is 0 Å². The van der Waals surface area contributed by atoms with Gasteiger partial charge < -0.3 is 19.3 Å². The van der Waals surface area contributed by atoms with E-state index in [0.717, 1.165) is 73.8 Å². The minimum atomic E-state index is 0.529. The first-order valence-electron chi connectivity index (χ1n) is 17.1. The average Bonchev–Trinajstić information content (AvgIpc) is 3.22. The van der Waals surface area contributed by atoms with Crippen LogP contribution in [0.2, 0.25) is 0 Å². The van der Waals surface area contributed by atoms with Crippen molar-refractivity contribution in [3.05, 3.63) is 176 Å². The van der Waals surface area contributed by atoms with Crippen molar-refractivity contribution in [2.75, 3.05) is 9.80 Å². The number of benzene rings is 7. The lowest BCUT2D eigenvalue weighted by Gasteiger charge is -2.37. The number of para-hydroxylation sites is 8. The Labute approximate surface area is 300 Å².